The topological polar surface area (TPSA) is 40.5 Å². The van der Waals surface area contributed by atoms with Crippen LogP contribution in [0.15, 0.2) is 42.5 Å². The standard InChI is InChI=1S/C17H17NO2/c1-12-10-14(17(19)20)6-7-15(12)11-18-9-8-13-4-2-3-5-16(13)18/h2-7,10H,8-9,11H2,1H3,(H,19,20). The molecule has 3 rings (SSSR count). The summed E-state index contributed by atoms with van der Waals surface area (Å²) >= 11 is 0. The van der Waals surface area contributed by atoms with Crippen LogP contribution >= 0.6 is 0 Å². The predicted octanol–water partition coefficient (Wildman–Crippen LogP) is 3.26. The van der Waals surface area contributed by atoms with Crippen molar-refractivity contribution in [2.75, 3.05) is 11.4 Å². The monoisotopic (exact) mass is 267 g/mol. The molecule has 0 aromatic heterocycles. The number of benzene rings is 2. The average Bonchev–Trinajstić information content (AvgIpc) is 2.84. The predicted molar refractivity (Wildman–Crippen MR) is 79.3 cm³/mol. The third-order valence-electron chi connectivity index (χ3n) is 3.93. The van der Waals surface area contributed by atoms with Crippen LogP contribution in [-0.4, -0.2) is 17.6 Å². The van der Waals surface area contributed by atoms with Crippen LogP contribution in [0.1, 0.15) is 27.0 Å². The Morgan fingerprint density at radius 3 is 2.80 bits per heavy atom. The molecule has 0 fully saturated rings. The number of para-hydroxylation sites is 1. The molecule has 0 bridgehead atoms. The number of carbonyl (C=O) groups is 1. The summed E-state index contributed by atoms with van der Waals surface area (Å²) in [6.07, 6.45) is 1.09. The van der Waals surface area contributed by atoms with Crippen molar-refractivity contribution in [3.05, 3.63) is 64.7 Å². The first kappa shape index (κ1) is 12.7. The van der Waals surface area contributed by atoms with Crippen molar-refractivity contribution in [2.45, 2.75) is 19.9 Å². The van der Waals surface area contributed by atoms with Crippen molar-refractivity contribution >= 4 is 11.7 Å². The zero-order chi connectivity index (χ0) is 14.1. The molecule has 0 saturated heterocycles. The first-order chi connectivity index (χ1) is 9.65. The summed E-state index contributed by atoms with van der Waals surface area (Å²) in [6, 6.07) is 13.8. The molecule has 3 nitrogen and oxygen atoms in total. The molecular weight excluding hydrogens is 250 g/mol. The minimum absolute atomic E-state index is 0.355. The fourth-order valence-corrected chi connectivity index (χ4v) is 2.78. The number of aryl methyl sites for hydroxylation is 1. The van der Waals surface area contributed by atoms with Crippen molar-refractivity contribution in [3.8, 4) is 0 Å². The lowest BCUT2D eigenvalue weighted by molar-refractivity contribution is 0.0697. The zero-order valence-corrected chi connectivity index (χ0v) is 11.5. The molecule has 1 heterocycles. The Morgan fingerprint density at radius 2 is 2.05 bits per heavy atom. The van der Waals surface area contributed by atoms with Crippen molar-refractivity contribution < 1.29 is 9.90 Å². The summed E-state index contributed by atoms with van der Waals surface area (Å²) in [5, 5.41) is 9.00. The summed E-state index contributed by atoms with van der Waals surface area (Å²) in [7, 11) is 0. The molecule has 2 aromatic rings. The van der Waals surface area contributed by atoms with Gasteiger partial charge in [0.05, 0.1) is 5.56 Å². The maximum absolute atomic E-state index is 11.0. The van der Waals surface area contributed by atoms with Gasteiger partial charge in [0.25, 0.3) is 0 Å². The van der Waals surface area contributed by atoms with Crippen molar-refractivity contribution in [1.82, 2.24) is 0 Å². The quantitative estimate of drug-likeness (QED) is 0.928. The molecule has 0 saturated carbocycles. The normalized spacial score (nSPS) is 13.3. The number of rotatable bonds is 3. The third kappa shape index (κ3) is 2.27. The van der Waals surface area contributed by atoms with E-state index in [9.17, 15) is 4.79 Å². The SMILES string of the molecule is Cc1cc(C(=O)O)ccc1CN1CCc2ccccc21. The van der Waals surface area contributed by atoms with Crippen LogP contribution in [0.5, 0.6) is 0 Å². The van der Waals surface area contributed by atoms with Gasteiger partial charge in [-0.05, 0) is 48.2 Å². The Balaban J connectivity index is 1.84. The van der Waals surface area contributed by atoms with Crippen LogP contribution in [0.3, 0.4) is 0 Å². The van der Waals surface area contributed by atoms with Gasteiger partial charge in [0, 0.05) is 18.8 Å². The molecule has 2 aromatic carbocycles. The van der Waals surface area contributed by atoms with E-state index in [4.69, 9.17) is 5.11 Å². The molecule has 0 spiro atoms. The third-order valence-corrected chi connectivity index (χ3v) is 3.93. The minimum Gasteiger partial charge on any atom is -0.478 e. The van der Waals surface area contributed by atoms with Gasteiger partial charge in [0.1, 0.15) is 0 Å². The van der Waals surface area contributed by atoms with E-state index in [1.165, 1.54) is 16.8 Å². The fraction of sp³-hybridized carbons (Fsp3) is 0.235. The van der Waals surface area contributed by atoms with Gasteiger partial charge >= 0.3 is 5.97 Å². The molecule has 1 aliphatic rings. The van der Waals surface area contributed by atoms with E-state index in [1.807, 2.05) is 13.0 Å². The van der Waals surface area contributed by atoms with Crippen molar-refractivity contribution in [2.24, 2.45) is 0 Å². The van der Waals surface area contributed by atoms with Gasteiger partial charge in [-0.3, -0.25) is 0 Å². The summed E-state index contributed by atoms with van der Waals surface area (Å²) < 4.78 is 0. The van der Waals surface area contributed by atoms with Crippen LogP contribution in [0.25, 0.3) is 0 Å². The molecule has 3 heteroatoms. The molecule has 1 aliphatic heterocycles. The van der Waals surface area contributed by atoms with Gasteiger partial charge in [-0.15, -0.1) is 0 Å². The second-order valence-corrected chi connectivity index (χ2v) is 5.25. The number of anilines is 1. The molecule has 0 radical (unpaired) electrons. The first-order valence-corrected chi connectivity index (χ1v) is 6.81. The highest BCUT2D eigenvalue weighted by molar-refractivity contribution is 5.87. The smallest absolute Gasteiger partial charge is 0.335 e. The Kier molecular flexibility index (Phi) is 3.18. The van der Waals surface area contributed by atoms with E-state index < -0.39 is 5.97 Å². The zero-order valence-electron chi connectivity index (χ0n) is 11.5. The molecular formula is C17H17NO2. The van der Waals surface area contributed by atoms with E-state index in [-0.39, 0.29) is 0 Å². The minimum atomic E-state index is -0.869. The van der Waals surface area contributed by atoms with Crippen LogP contribution in [0.4, 0.5) is 5.69 Å². The van der Waals surface area contributed by atoms with Crippen LogP contribution in [-0.2, 0) is 13.0 Å². The Bertz CT molecular complexity index is 664. The molecule has 0 atom stereocenters. The van der Waals surface area contributed by atoms with E-state index in [0.717, 1.165) is 25.1 Å². The summed E-state index contributed by atoms with van der Waals surface area (Å²) in [6.45, 7) is 3.84. The summed E-state index contributed by atoms with van der Waals surface area (Å²) in [5.41, 5.74) is 5.27. The lowest BCUT2D eigenvalue weighted by Gasteiger charge is -2.20. The van der Waals surface area contributed by atoms with Gasteiger partial charge in [0.15, 0.2) is 0 Å². The van der Waals surface area contributed by atoms with Gasteiger partial charge in [-0.2, -0.15) is 0 Å². The maximum atomic E-state index is 11.0. The van der Waals surface area contributed by atoms with Crippen LogP contribution in [0.2, 0.25) is 0 Å². The number of carboxylic acid groups (broad SMARTS) is 1. The van der Waals surface area contributed by atoms with E-state index in [0.29, 0.717) is 5.56 Å². The summed E-state index contributed by atoms with van der Waals surface area (Å²) in [4.78, 5) is 13.3. The Labute approximate surface area is 118 Å². The first-order valence-electron chi connectivity index (χ1n) is 6.81. The van der Waals surface area contributed by atoms with E-state index >= 15 is 0 Å². The van der Waals surface area contributed by atoms with Gasteiger partial charge < -0.3 is 10.0 Å². The lowest BCUT2D eigenvalue weighted by atomic mass is 10.0. The lowest BCUT2D eigenvalue weighted by Crippen LogP contribution is -2.20. The highest BCUT2D eigenvalue weighted by atomic mass is 16.4. The number of fused-ring (bicyclic) bond motifs is 1. The largest absolute Gasteiger partial charge is 0.478 e. The Hall–Kier alpha value is -2.29. The van der Waals surface area contributed by atoms with Gasteiger partial charge in [0.2, 0.25) is 0 Å². The maximum Gasteiger partial charge on any atom is 0.335 e. The number of hydrogen-bond donors (Lipinski definition) is 1. The second-order valence-electron chi connectivity index (χ2n) is 5.25. The molecule has 102 valence electrons. The highest BCUT2D eigenvalue weighted by Gasteiger charge is 2.19. The fourth-order valence-electron chi connectivity index (χ4n) is 2.78. The highest BCUT2D eigenvalue weighted by Crippen LogP contribution is 2.29. The van der Waals surface area contributed by atoms with E-state index in [2.05, 4.69) is 29.2 Å². The van der Waals surface area contributed by atoms with Crippen molar-refractivity contribution in [1.29, 1.82) is 0 Å². The van der Waals surface area contributed by atoms with Crippen LogP contribution < -0.4 is 4.90 Å². The molecule has 20 heavy (non-hydrogen) atoms. The van der Waals surface area contributed by atoms with Crippen molar-refractivity contribution in [3.63, 3.8) is 0 Å². The summed E-state index contributed by atoms with van der Waals surface area (Å²) in [5.74, 6) is -0.869. The molecule has 0 amide bonds. The number of hydrogen-bond acceptors (Lipinski definition) is 2. The second kappa shape index (κ2) is 5.00. The Morgan fingerprint density at radius 1 is 1.25 bits per heavy atom. The van der Waals surface area contributed by atoms with Crippen LogP contribution in [0, 0.1) is 6.92 Å². The molecule has 1 N–H and O–H groups in total. The van der Waals surface area contributed by atoms with Gasteiger partial charge in [-0.1, -0.05) is 24.3 Å². The molecule has 0 unspecified atom stereocenters. The number of nitrogens with zero attached hydrogens (tertiary/aromatic N) is 1. The number of carboxylic acids is 1. The van der Waals surface area contributed by atoms with E-state index in [1.54, 1.807) is 12.1 Å². The van der Waals surface area contributed by atoms with Gasteiger partial charge in [-0.25, -0.2) is 4.79 Å². The molecule has 0 aliphatic carbocycles. The number of aromatic carboxylic acids is 1. The average molecular weight is 267 g/mol.